The number of rotatable bonds is 4. The summed E-state index contributed by atoms with van der Waals surface area (Å²) in [6.07, 6.45) is 1.63. The van der Waals surface area contributed by atoms with Crippen molar-refractivity contribution in [2.45, 2.75) is 31.5 Å². The van der Waals surface area contributed by atoms with Crippen LogP contribution in [0, 0.1) is 0 Å². The molecular formula is C13H16O5. The van der Waals surface area contributed by atoms with Gasteiger partial charge in [0.25, 0.3) is 0 Å². The van der Waals surface area contributed by atoms with Crippen molar-refractivity contribution in [1.29, 1.82) is 0 Å². The number of aliphatic hydroxyl groups excluding tert-OH is 1. The molecule has 0 amide bonds. The van der Waals surface area contributed by atoms with Crippen molar-refractivity contribution >= 4 is 5.97 Å². The van der Waals surface area contributed by atoms with Crippen molar-refractivity contribution in [3.05, 3.63) is 23.8 Å². The van der Waals surface area contributed by atoms with E-state index in [9.17, 15) is 9.90 Å². The molecule has 5 heteroatoms. The van der Waals surface area contributed by atoms with E-state index in [0.29, 0.717) is 24.3 Å². The van der Waals surface area contributed by atoms with Crippen LogP contribution in [0.3, 0.4) is 0 Å². The van der Waals surface area contributed by atoms with Gasteiger partial charge in [0.2, 0.25) is 0 Å². The minimum Gasteiger partial charge on any atom is -0.493 e. The Hall–Kier alpha value is -1.75. The average molecular weight is 252 g/mol. The molecule has 1 aliphatic carbocycles. The molecule has 0 aliphatic heterocycles. The zero-order valence-electron chi connectivity index (χ0n) is 10.1. The van der Waals surface area contributed by atoms with Crippen molar-refractivity contribution in [3.63, 3.8) is 0 Å². The number of hydrogen-bond donors (Lipinski definition) is 2. The largest absolute Gasteiger partial charge is 0.493 e. The third-order valence-corrected chi connectivity index (χ3v) is 3.06. The smallest absolute Gasteiger partial charge is 0.335 e. The minimum atomic E-state index is -1.01. The summed E-state index contributed by atoms with van der Waals surface area (Å²) in [6, 6.07) is 4.49. The Labute approximate surface area is 105 Å². The number of aliphatic hydroxyl groups is 1. The van der Waals surface area contributed by atoms with E-state index >= 15 is 0 Å². The van der Waals surface area contributed by atoms with Gasteiger partial charge in [-0.1, -0.05) is 0 Å². The summed E-state index contributed by atoms with van der Waals surface area (Å²) in [5, 5.41) is 18.4. The molecule has 2 rings (SSSR count). The van der Waals surface area contributed by atoms with Crippen LogP contribution in [0.4, 0.5) is 0 Å². The van der Waals surface area contributed by atoms with Gasteiger partial charge in [0.05, 0.1) is 18.8 Å². The van der Waals surface area contributed by atoms with Crippen molar-refractivity contribution < 1.29 is 24.5 Å². The average Bonchev–Trinajstić information content (AvgIpc) is 2.74. The fourth-order valence-corrected chi connectivity index (χ4v) is 2.11. The van der Waals surface area contributed by atoms with Gasteiger partial charge < -0.3 is 19.7 Å². The van der Waals surface area contributed by atoms with Gasteiger partial charge >= 0.3 is 5.97 Å². The Balaban J connectivity index is 2.18. The lowest BCUT2D eigenvalue weighted by atomic mass is 10.2. The topological polar surface area (TPSA) is 76.0 Å². The van der Waals surface area contributed by atoms with E-state index in [4.69, 9.17) is 14.6 Å². The van der Waals surface area contributed by atoms with Crippen LogP contribution in [-0.2, 0) is 0 Å². The van der Waals surface area contributed by atoms with E-state index in [1.165, 1.54) is 19.2 Å². The summed E-state index contributed by atoms with van der Waals surface area (Å²) in [6.45, 7) is 0. The highest BCUT2D eigenvalue weighted by atomic mass is 16.5. The van der Waals surface area contributed by atoms with Gasteiger partial charge in [-0.15, -0.1) is 0 Å². The predicted octanol–water partition coefficient (Wildman–Crippen LogP) is 1.69. The number of carbonyl (C=O) groups is 1. The highest BCUT2D eigenvalue weighted by Gasteiger charge is 2.25. The predicted molar refractivity (Wildman–Crippen MR) is 64.2 cm³/mol. The Bertz CT molecular complexity index is 443. The van der Waals surface area contributed by atoms with Crippen molar-refractivity contribution in [2.75, 3.05) is 7.11 Å². The second-order valence-electron chi connectivity index (χ2n) is 4.38. The van der Waals surface area contributed by atoms with E-state index < -0.39 is 5.97 Å². The van der Waals surface area contributed by atoms with Crippen molar-refractivity contribution in [2.24, 2.45) is 0 Å². The molecule has 2 N–H and O–H groups in total. The molecule has 2 atom stereocenters. The third kappa shape index (κ3) is 2.73. The SMILES string of the molecule is COc1ccc(C(=O)O)cc1OC1CCC(O)C1. The fraction of sp³-hybridized carbons (Fsp3) is 0.462. The molecule has 0 saturated heterocycles. The molecule has 0 bridgehead atoms. The standard InChI is InChI=1S/C13H16O5/c1-17-11-5-2-8(13(15)16)6-12(11)18-10-4-3-9(14)7-10/h2,5-6,9-10,14H,3-4,7H2,1H3,(H,15,16). The first kappa shape index (κ1) is 12.7. The minimum absolute atomic E-state index is 0.0852. The molecule has 5 nitrogen and oxygen atoms in total. The Morgan fingerprint density at radius 3 is 2.67 bits per heavy atom. The van der Waals surface area contributed by atoms with Crippen molar-refractivity contribution in [3.8, 4) is 11.5 Å². The maximum atomic E-state index is 10.9. The van der Waals surface area contributed by atoms with Gasteiger partial charge in [0, 0.05) is 6.42 Å². The molecule has 1 saturated carbocycles. The molecule has 1 fully saturated rings. The third-order valence-electron chi connectivity index (χ3n) is 3.06. The second-order valence-corrected chi connectivity index (χ2v) is 4.38. The molecular weight excluding hydrogens is 236 g/mol. The summed E-state index contributed by atoms with van der Waals surface area (Å²) in [7, 11) is 1.51. The molecule has 0 radical (unpaired) electrons. The summed E-state index contributed by atoms with van der Waals surface area (Å²) in [4.78, 5) is 10.9. The maximum absolute atomic E-state index is 10.9. The molecule has 1 aromatic carbocycles. The van der Waals surface area contributed by atoms with Gasteiger partial charge in [-0.05, 0) is 31.0 Å². The lowest BCUT2D eigenvalue weighted by Crippen LogP contribution is -2.14. The summed E-state index contributed by atoms with van der Waals surface area (Å²) in [5.41, 5.74) is 0.157. The van der Waals surface area contributed by atoms with Crippen LogP contribution >= 0.6 is 0 Å². The van der Waals surface area contributed by atoms with Crippen LogP contribution < -0.4 is 9.47 Å². The number of methoxy groups -OCH3 is 1. The van der Waals surface area contributed by atoms with Crippen LogP contribution in [0.2, 0.25) is 0 Å². The number of benzene rings is 1. The Morgan fingerprint density at radius 1 is 1.33 bits per heavy atom. The molecule has 1 aliphatic rings. The van der Waals surface area contributed by atoms with E-state index in [1.807, 2.05) is 0 Å². The van der Waals surface area contributed by atoms with Crippen LogP contribution in [0.25, 0.3) is 0 Å². The van der Waals surface area contributed by atoms with Crippen LogP contribution in [0.1, 0.15) is 29.6 Å². The maximum Gasteiger partial charge on any atom is 0.335 e. The lowest BCUT2D eigenvalue weighted by Gasteiger charge is -2.16. The van der Waals surface area contributed by atoms with Gasteiger partial charge in [-0.25, -0.2) is 4.79 Å². The molecule has 0 aromatic heterocycles. The number of aromatic carboxylic acids is 1. The fourth-order valence-electron chi connectivity index (χ4n) is 2.11. The molecule has 0 spiro atoms. The van der Waals surface area contributed by atoms with Crippen LogP contribution in [-0.4, -0.2) is 35.5 Å². The molecule has 2 unspecified atom stereocenters. The van der Waals surface area contributed by atoms with Crippen LogP contribution in [0.5, 0.6) is 11.5 Å². The molecule has 0 heterocycles. The monoisotopic (exact) mass is 252 g/mol. The zero-order chi connectivity index (χ0) is 13.1. The number of ether oxygens (including phenoxy) is 2. The van der Waals surface area contributed by atoms with Gasteiger partial charge in [0.1, 0.15) is 6.10 Å². The Kier molecular flexibility index (Phi) is 3.72. The number of carboxylic acid groups (broad SMARTS) is 1. The molecule has 98 valence electrons. The quantitative estimate of drug-likeness (QED) is 0.852. The van der Waals surface area contributed by atoms with E-state index in [0.717, 1.165) is 6.42 Å². The highest BCUT2D eigenvalue weighted by Crippen LogP contribution is 2.32. The first-order chi connectivity index (χ1) is 8.60. The van der Waals surface area contributed by atoms with Crippen molar-refractivity contribution in [1.82, 2.24) is 0 Å². The highest BCUT2D eigenvalue weighted by molar-refractivity contribution is 5.88. The normalized spacial score (nSPS) is 22.8. The second kappa shape index (κ2) is 5.27. The number of carboxylic acids is 1. The molecule has 18 heavy (non-hydrogen) atoms. The van der Waals surface area contributed by atoms with E-state index in [1.54, 1.807) is 6.07 Å². The van der Waals surface area contributed by atoms with E-state index in [2.05, 4.69) is 0 Å². The van der Waals surface area contributed by atoms with Gasteiger partial charge in [-0.3, -0.25) is 0 Å². The van der Waals surface area contributed by atoms with Crippen LogP contribution in [0.15, 0.2) is 18.2 Å². The molecule has 1 aromatic rings. The van der Waals surface area contributed by atoms with E-state index in [-0.39, 0.29) is 17.8 Å². The lowest BCUT2D eigenvalue weighted by molar-refractivity contribution is 0.0695. The summed E-state index contributed by atoms with van der Waals surface area (Å²) < 4.78 is 10.8. The first-order valence-electron chi connectivity index (χ1n) is 5.86. The number of hydrogen-bond acceptors (Lipinski definition) is 4. The zero-order valence-corrected chi connectivity index (χ0v) is 10.1. The Morgan fingerprint density at radius 2 is 2.11 bits per heavy atom. The first-order valence-corrected chi connectivity index (χ1v) is 5.86. The van der Waals surface area contributed by atoms with Gasteiger partial charge in [-0.2, -0.15) is 0 Å². The van der Waals surface area contributed by atoms with Gasteiger partial charge in [0.15, 0.2) is 11.5 Å². The summed E-state index contributed by atoms with van der Waals surface area (Å²) in [5.74, 6) is -0.0909. The summed E-state index contributed by atoms with van der Waals surface area (Å²) >= 11 is 0.